The van der Waals surface area contributed by atoms with Crippen LogP contribution in [-0.2, 0) is 20.4 Å². The van der Waals surface area contributed by atoms with Gasteiger partial charge in [-0.3, -0.25) is 9.10 Å². The Kier molecular flexibility index (Phi) is 4.87. The highest BCUT2D eigenvalue weighted by atomic mass is 32.2. The van der Waals surface area contributed by atoms with Gasteiger partial charge in [0.05, 0.1) is 12.2 Å². The molecule has 4 aliphatic rings. The molecule has 7 nitrogen and oxygen atoms in total. The van der Waals surface area contributed by atoms with E-state index in [9.17, 15) is 13.2 Å². The number of likely N-dealkylation sites (tertiary alicyclic amines) is 1. The quantitative estimate of drug-likeness (QED) is 0.770. The molecule has 0 unspecified atom stereocenters. The van der Waals surface area contributed by atoms with E-state index in [1.165, 1.54) is 59.4 Å². The van der Waals surface area contributed by atoms with Crippen molar-refractivity contribution in [3.05, 3.63) is 36.2 Å². The van der Waals surface area contributed by atoms with Crippen LogP contribution in [0.25, 0.3) is 0 Å². The van der Waals surface area contributed by atoms with Crippen LogP contribution in [0.15, 0.2) is 24.3 Å². The minimum absolute atomic E-state index is 0.0585. The average Bonchev–Trinajstić information content (AvgIpc) is 3.30. The number of benzene rings is 1. The molecule has 3 saturated heterocycles. The lowest BCUT2D eigenvalue weighted by atomic mass is 9.64. The van der Waals surface area contributed by atoms with Gasteiger partial charge < -0.3 is 10.6 Å². The van der Waals surface area contributed by atoms with Crippen molar-refractivity contribution in [3.63, 3.8) is 0 Å². The van der Waals surface area contributed by atoms with Crippen LogP contribution in [0.5, 0.6) is 0 Å². The number of hydrogen-bond donors (Lipinski definition) is 1. The number of fused-ring (bicyclic) bond motifs is 1. The van der Waals surface area contributed by atoms with Crippen LogP contribution in [-0.4, -0.2) is 61.8 Å². The number of carbonyl (C=O) groups excluding carboxylic acids is 1. The Bertz CT molecular complexity index is 922. The van der Waals surface area contributed by atoms with Gasteiger partial charge in [-0.15, -0.1) is 0 Å². The van der Waals surface area contributed by atoms with Crippen molar-refractivity contribution in [1.82, 2.24) is 9.21 Å². The molecule has 0 aromatic heterocycles. The molecule has 1 aromatic carbocycles. The standard InChI is InChI=1S/C22H31N4O3S/c23-20(27)22-12-1-2-15-26(22)30(28,29)25(17-22)19-8-6-18(7-9-19)21(10-5-11-21)16-24-13-3-4-14-24/h6-9,12H,1-5,10-11,13-17H2,(H2,23,27)/t22-/m1/s1. The lowest BCUT2D eigenvalue weighted by Gasteiger charge is -2.45. The molecule has 163 valence electrons. The van der Waals surface area contributed by atoms with Crippen molar-refractivity contribution >= 4 is 21.8 Å². The van der Waals surface area contributed by atoms with E-state index < -0.39 is 21.7 Å². The van der Waals surface area contributed by atoms with Crippen molar-refractivity contribution in [3.8, 4) is 0 Å². The lowest BCUT2D eigenvalue weighted by molar-refractivity contribution is -0.125. The Labute approximate surface area is 179 Å². The number of hydrogen-bond acceptors (Lipinski definition) is 4. The maximum Gasteiger partial charge on any atom is 0.305 e. The van der Waals surface area contributed by atoms with Crippen LogP contribution in [0.2, 0.25) is 0 Å². The molecule has 4 fully saturated rings. The van der Waals surface area contributed by atoms with Crippen LogP contribution in [0, 0.1) is 6.42 Å². The van der Waals surface area contributed by atoms with Crippen LogP contribution in [0.3, 0.4) is 0 Å². The van der Waals surface area contributed by atoms with E-state index in [4.69, 9.17) is 5.73 Å². The second kappa shape index (κ2) is 7.21. The lowest BCUT2D eigenvalue weighted by Crippen LogP contribution is -2.59. The number of piperidine rings is 1. The molecule has 3 aliphatic heterocycles. The first kappa shape index (κ1) is 20.3. The highest BCUT2D eigenvalue weighted by Gasteiger charge is 2.59. The number of anilines is 1. The fourth-order valence-electron chi connectivity index (χ4n) is 5.78. The van der Waals surface area contributed by atoms with Gasteiger partial charge in [0.25, 0.3) is 0 Å². The van der Waals surface area contributed by atoms with Gasteiger partial charge in [-0.05, 0) is 75.7 Å². The van der Waals surface area contributed by atoms with E-state index >= 15 is 0 Å². The first-order valence-electron chi connectivity index (χ1n) is 11.2. The summed E-state index contributed by atoms with van der Waals surface area (Å²) in [6.45, 7) is 3.86. The molecule has 1 radical (unpaired) electrons. The second-order valence-electron chi connectivity index (χ2n) is 9.39. The maximum absolute atomic E-state index is 13.2. The number of nitrogens with zero attached hydrogens (tertiary/aromatic N) is 3. The summed E-state index contributed by atoms with van der Waals surface area (Å²) in [5.41, 5.74) is 6.56. The smallest absolute Gasteiger partial charge is 0.305 e. The molecule has 8 heteroatoms. The molecule has 1 saturated carbocycles. The third-order valence-electron chi connectivity index (χ3n) is 7.66. The maximum atomic E-state index is 13.2. The van der Waals surface area contributed by atoms with Crippen molar-refractivity contribution in [1.29, 1.82) is 0 Å². The Hall–Kier alpha value is -1.64. The first-order valence-corrected chi connectivity index (χ1v) is 12.5. The Morgan fingerprint density at radius 2 is 1.70 bits per heavy atom. The monoisotopic (exact) mass is 431 g/mol. The molecule has 5 rings (SSSR count). The van der Waals surface area contributed by atoms with Gasteiger partial charge in [0.15, 0.2) is 0 Å². The minimum Gasteiger partial charge on any atom is -0.368 e. The van der Waals surface area contributed by atoms with Gasteiger partial charge in [-0.1, -0.05) is 18.6 Å². The summed E-state index contributed by atoms with van der Waals surface area (Å²) in [5, 5.41) is 0. The van der Waals surface area contributed by atoms with E-state index in [-0.39, 0.29) is 12.0 Å². The summed E-state index contributed by atoms with van der Waals surface area (Å²) >= 11 is 0. The molecule has 1 amide bonds. The molecule has 1 aromatic rings. The molecule has 0 spiro atoms. The number of nitrogens with two attached hydrogens (primary N) is 1. The molecular formula is C22H31N4O3S. The van der Waals surface area contributed by atoms with Gasteiger partial charge in [0.1, 0.15) is 5.54 Å². The summed E-state index contributed by atoms with van der Waals surface area (Å²) < 4.78 is 29.1. The topological polar surface area (TPSA) is 86.9 Å². The highest BCUT2D eigenvalue weighted by molar-refractivity contribution is 7.90. The summed E-state index contributed by atoms with van der Waals surface area (Å²) in [7, 11) is -3.78. The number of amides is 1. The van der Waals surface area contributed by atoms with Crippen molar-refractivity contribution < 1.29 is 13.2 Å². The number of carbonyl (C=O) groups is 1. The van der Waals surface area contributed by atoms with Crippen LogP contribution in [0.1, 0.15) is 50.5 Å². The average molecular weight is 432 g/mol. The Balaban J connectivity index is 1.42. The third-order valence-corrected chi connectivity index (χ3v) is 9.63. The summed E-state index contributed by atoms with van der Waals surface area (Å²) in [6.07, 6.45) is 9.40. The second-order valence-corrected chi connectivity index (χ2v) is 11.2. The van der Waals surface area contributed by atoms with Gasteiger partial charge >= 0.3 is 10.2 Å². The predicted octanol–water partition coefficient (Wildman–Crippen LogP) is 1.79. The molecule has 0 bridgehead atoms. The zero-order chi connectivity index (χ0) is 21.0. The fraction of sp³-hybridized carbons (Fsp3) is 0.636. The van der Waals surface area contributed by atoms with Gasteiger partial charge in [-0.2, -0.15) is 12.7 Å². The van der Waals surface area contributed by atoms with Crippen molar-refractivity contribution in [2.75, 3.05) is 37.0 Å². The molecule has 3 heterocycles. The van der Waals surface area contributed by atoms with Crippen LogP contribution < -0.4 is 10.0 Å². The Morgan fingerprint density at radius 1 is 1.00 bits per heavy atom. The van der Waals surface area contributed by atoms with E-state index in [1.807, 2.05) is 12.1 Å². The Morgan fingerprint density at radius 3 is 2.27 bits per heavy atom. The summed E-state index contributed by atoms with van der Waals surface area (Å²) in [6, 6.07) is 8.00. The molecule has 1 aliphatic carbocycles. The normalized spacial score (nSPS) is 30.7. The SMILES string of the molecule is NC(=O)[C@]12[CH]CCCN1S(=O)(=O)N(c1ccc(C3(CN4CCCC4)CCC3)cc1)C2. The van der Waals surface area contributed by atoms with E-state index in [2.05, 4.69) is 17.0 Å². The molecular weight excluding hydrogens is 400 g/mol. The molecule has 2 N–H and O–H groups in total. The van der Waals surface area contributed by atoms with E-state index in [0.29, 0.717) is 25.1 Å². The van der Waals surface area contributed by atoms with Crippen molar-refractivity contribution in [2.45, 2.75) is 55.9 Å². The minimum atomic E-state index is -3.78. The largest absolute Gasteiger partial charge is 0.368 e. The van der Waals surface area contributed by atoms with Crippen LogP contribution >= 0.6 is 0 Å². The molecule has 1 atom stereocenters. The zero-order valence-electron chi connectivity index (χ0n) is 17.4. The summed E-state index contributed by atoms with van der Waals surface area (Å²) in [4.78, 5) is 14.8. The van der Waals surface area contributed by atoms with Gasteiger partial charge in [0, 0.05) is 18.5 Å². The first-order chi connectivity index (χ1) is 14.4. The molecule has 30 heavy (non-hydrogen) atoms. The van der Waals surface area contributed by atoms with E-state index in [1.54, 1.807) is 6.42 Å². The summed E-state index contributed by atoms with van der Waals surface area (Å²) in [5.74, 6) is -0.594. The third kappa shape index (κ3) is 2.99. The van der Waals surface area contributed by atoms with Gasteiger partial charge in [0.2, 0.25) is 5.91 Å². The predicted molar refractivity (Wildman–Crippen MR) is 116 cm³/mol. The number of primary amides is 1. The van der Waals surface area contributed by atoms with Gasteiger partial charge in [-0.25, -0.2) is 0 Å². The highest BCUT2D eigenvalue weighted by Crippen LogP contribution is 2.46. The number of rotatable bonds is 5. The zero-order valence-corrected chi connectivity index (χ0v) is 18.2. The van der Waals surface area contributed by atoms with Crippen LogP contribution in [0.4, 0.5) is 5.69 Å². The van der Waals surface area contributed by atoms with Crippen molar-refractivity contribution in [2.24, 2.45) is 5.73 Å². The fourth-order valence-corrected chi connectivity index (χ4v) is 7.76. The van der Waals surface area contributed by atoms with E-state index in [0.717, 1.165) is 6.54 Å².